The number of aliphatic hydroxyl groups excluding tert-OH is 1. The Hall–Kier alpha value is -2.34. The summed E-state index contributed by atoms with van der Waals surface area (Å²) in [6.45, 7) is 1.71. The van der Waals surface area contributed by atoms with Crippen molar-refractivity contribution in [2.24, 2.45) is 0 Å². The Bertz CT molecular complexity index is 897. The molecule has 0 fully saturated rings. The quantitative estimate of drug-likeness (QED) is 0.491. The molecule has 0 aliphatic carbocycles. The van der Waals surface area contributed by atoms with Crippen molar-refractivity contribution < 1.29 is 27.7 Å². The largest absolute Gasteiger partial charge is 0.497 e. The minimum atomic E-state index is -3.90. The van der Waals surface area contributed by atoms with Gasteiger partial charge in [-0.3, -0.25) is 4.72 Å². The van der Waals surface area contributed by atoms with E-state index in [0.29, 0.717) is 12.2 Å². The Labute approximate surface area is 168 Å². The van der Waals surface area contributed by atoms with Crippen LogP contribution in [0.15, 0.2) is 24.5 Å². The lowest BCUT2D eigenvalue weighted by molar-refractivity contribution is 0.192. The summed E-state index contributed by atoms with van der Waals surface area (Å²) < 4.78 is 45.3. The van der Waals surface area contributed by atoms with Crippen LogP contribution in [-0.4, -0.2) is 50.4 Å². The smallest absolute Gasteiger partial charge is 0.300 e. The van der Waals surface area contributed by atoms with Crippen molar-refractivity contribution in [3.8, 4) is 23.1 Å². The minimum Gasteiger partial charge on any atom is -0.497 e. The van der Waals surface area contributed by atoms with Crippen molar-refractivity contribution in [2.75, 3.05) is 31.6 Å². The number of methoxy groups -OCH3 is 1. The van der Waals surface area contributed by atoms with Crippen LogP contribution in [0.25, 0.3) is 0 Å². The van der Waals surface area contributed by atoms with Crippen molar-refractivity contribution >= 4 is 27.6 Å². The molecule has 3 N–H and O–H groups in total. The van der Waals surface area contributed by atoms with Crippen LogP contribution in [0.5, 0.6) is 23.1 Å². The lowest BCUT2D eigenvalue weighted by Gasteiger charge is -2.16. The van der Waals surface area contributed by atoms with E-state index in [1.54, 1.807) is 12.1 Å². The number of benzene rings is 1. The van der Waals surface area contributed by atoms with Crippen LogP contribution in [0.4, 0.5) is 5.82 Å². The second kappa shape index (κ2) is 10.3. The predicted molar refractivity (Wildman–Crippen MR) is 104 cm³/mol. The van der Waals surface area contributed by atoms with E-state index in [2.05, 4.69) is 19.4 Å². The number of hydrogen-bond donors (Lipinski definition) is 3. The first-order valence-corrected chi connectivity index (χ1v) is 10.1. The number of rotatable bonds is 11. The molecule has 10 nitrogen and oxygen atoms in total. The molecule has 0 bridgehead atoms. The number of aliphatic hydroxyl groups is 1. The zero-order chi connectivity index (χ0) is 20.6. The molecule has 0 spiro atoms. The van der Waals surface area contributed by atoms with Crippen molar-refractivity contribution in [3.05, 3.63) is 29.5 Å². The molecule has 2 rings (SSSR count). The van der Waals surface area contributed by atoms with Gasteiger partial charge in [0.15, 0.2) is 5.82 Å². The number of nitrogens with one attached hydrogen (secondary N) is 2. The van der Waals surface area contributed by atoms with Gasteiger partial charge in [0, 0.05) is 12.6 Å². The Morgan fingerprint density at radius 3 is 2.75 bits per heavy atom. The first-order chi connectivity index (χ1) is 13.4. The van der Waals surface area contributed by atoms with E-state index in [0.717, 1.165) is 6.33 Å². The maximum atomic E-state index is 12.2. The normalized spacial score (nSPS) is 11.1. The first kappa shape index (κ1) is 22.0. The van der Waals surface area contributed by atoms with Gasteiger partial charge in [-0.1, -0.05) is 18.5 Å². The summed E-state index contributed by atoms with van der Waals surface area (Å²) in [5.41, 5.74) is 0. The van der Waals surface area contributed by atoms with Gasteiger partial charge in [0.25, 0.3) is 16.1 Å². The van der Waals surface area contributed by atoms with E-state index in [1.807, 2.05) is 6.92 Å². The van der Waals surface area contributed by atoms with E-state index >= 15 is 0 Å². The third-order valence-electron chi connectivity index (χ3n) is 3.22. The Morgan fingerprint density at radius 2 is 2.07 bits per heavy atom. The molecule has 28 heavy (non-hydrogen) atoms. The van der Waals surface area contributed by atoms with Crippen LogP contribution in [0.1, 0.15) is 13.3 Å². The summed E-state index contributed by atoms with van der Waals surface area (Å²) in [7, 11) is -2.43. The van der Waals surface area contributed by atoms with Crippen LogP contribution in [0.2, 0.25) is 5.02 Å². The molecule has 0 unspecified atom stereocenters. The van der Waals surface area contributed by atoms with Gasteiger partial charge < -0.3 is 19.3 Å². The molecule has 12 heteroatoms. The fourth-order valence-corrected chi connectivity index (χ4v) is 3.07. The summed E-state index contributed by atoms with van der Waals surface area (Å²) in [4.78, 5) is 7.86. The molecule has 0 saturated carbocycles. The van der Waals surface area contributed by atoms with Crippen LogP contribution < -0.4 is 23.7 Å². The SMILES string of the molecule is CCCNS(=O)(=O)Nc1ncnc(OCCO)c1Oc1cc(OC)ccc1Cl. The monoisotopic (exact) mass is 432 g/mol. The number of hydrogen-bond acceptors (Lipinski definition) is 8. The van der Waals surface area contributed by atoms with Crippen LogP contribution in [-0.2, 0) is 10.2 Å². The topological polar surface area (TPSA) is 132 Å². The number of anilines is 1. The van der Waals surface area contributed by atoms with Gasteiger partial charge >= 0.3 is 0 Å². The zero-order valence-electron chi connectivity index (χ0n) is 15.3. The summed E-state index contributed by atoms with van der Waals surface area (Å²) in [6, 6.07) is 4.71. The zero-order valence-corrected chi connectivity index (χ0v) is 16.9. The summed E-state index contributed by atoms with van der Waals surface area (Å²) >= 11 is 6.16. The van der Waals surface area contributed by atoms with Crippen LogP contribution >= 0.6 is 11.6 Å². The van der Waals surface area contributed by atoms with Gasteiger partial charge in [0.2, 0.25) is 5.75 Å². The van der Waals surface area contributed by atoms with Gasteiger partial charge in [-0.25, -0.2) is 4.98 Å². The molecule has 0 atom stereocenters. The van der Waals surface area contributed by atoms with Gasteiger partial charge in [0.1, 0.15) is 24.4 Å². The molecule has 0 saturated heterocycles. The third-order valence-corrected chi connectivity index (χ3v) is 4.58. The van der Waals surface area contributed by atoms with E-state index in [1.165, 1.54) is 13.2 Å². The van der Waals surface area contributed by atoms with E-state index < -0.39 is 10.2 Å². The molecule has 1 aromatic carbocycles. The molecular weight excluding hydrogens is 412 g/mol. The summed E-state index contributed by atoms with van der Waals surface area (Å²) in [6.07, 6.45) is 1.71. The van der Waals surface area contributed by atoms with Crippen molar-refractivity contribution in [1.82, 2.24) is 14.7 Å². The van der Waals surface area contributed by atoms with E-state index in [9.17, 15) is 8.42 Å². The molecular formula is C16H21ClN4O6S. The molecule has 1 heterocycles. The van der Waals surface area contributed by atoms with E-state index in [4.69, 9.17) is 30.9 Å². The summed E-state index contributed by atoms with van der Waals surface area (Å²) in [5, 5.41) is 9.25. The third kappa shape index (κ3) is 6.09. The predicted octanol–water partition coefficient (Wildman–Crippen LogP) is 1.96. The highest BCUT2D eigenvalue weighted by atomic mass is 35.5. The number of aromatic nitrogens is 2. The molecule has 0 radical (unpaired) electrons. The molecule has 1 aromatic heterocycles. The molecule has 0 amide bonds. The summed E-state index contributed by atoms with van der Waals surface area (Å²) in [5.74, 6) is 0.294. The van der Waals surface area contributed by atoms with Gasteiger partial charge in [0.05, 0.1) is 18.7 Å². The highest BCUT2D eigenvalue weighted by molar-refractivity contribution is 7.90. The van der Waals surface area contributed by atoms with E-state index in [-0.39, 0.29) is 48.0 Å². The number of ether oxygens (including phenoxy) is 3. The fraction of sp³-hybridized carbons (Fsp3) is 0.375. The average Bonchev–Trinajstić information content (AvgIpc) is 2.68. The average molecular weight is 433 g/mol. The van der Waals surface area contributed by atoms with Crippen molar-refractivity contribution in [1.29, 1.82) is 0 Å². The Kier molecular flexibility index (Phi) is 8.05. The second-order valence-corrected chi connectivity index (χ2v) is 7.23. The highest BCUT2D eigenvalue weighted by Gasteiger charge is 2.21. The molecule has 154 valence electrons. The second-order valence-electron chi connectivity index (χ2n) is 5.33. The number of halogens is 1. The maximum absolute atomic E-state index is 12.2. The number of nitrogens with zero attached hydrogens (tertiary/aromatic N) is 2. The van der Waals surface area contributed by atoms with Gasteiger partial charge in [-0.05, 0) is 18.6 Å². The van der Waals surface area contributed by atoms with Gasteiger partial charge in [-0.2, -0.15) is 18.1 Å². The Balaban J connectivity index is 2.44. The minimum absolute atomic E-state index is 0.0730. The van der Waals surface area contributed by atoms with Gasteiger partial charge in [-0.15, -0.1) is 0 Å². The first-order valence-electron chi connectivity index (χ1n) is 8.27. The van der Waals surface area contributed by atoms with Crippen molar-refractivity contribution in [2.45, 2.75) is 13.3 Å². The fourth-order valence-electron chi connectivity index (χ4n) is 1.97. The Morgan fingerprint density at radius 1 is 1.29 bits per heavy atom. The van der Waals surface area contributed by atoms with Crippen LogP contribution in [0, 0.1) is 0 Å². The maximum Gasteiger partial charge on any atom is 0.300 e. The standard InChI is InChI=1S/C16H21ClN4O6S/c1-3-6-20-28(23,24)21-15-14(16(19-10-18-15)26-8-7-22)27-13-9-11(25-2)4-5-12(13)17/h4-5,9-10,20,22H,3,6-8H2,1-2H3,(H,18,19,21). The lowest BCUT2D eigenvalue weighted by atomic mass is 10.3. The molecule has 0 aliphatic heterocycles. The molecule has 0 aliphatic rings. The molecule has 2 aromatic rings. The van der Waals surface area contributed by atoms with Crippen molar-refractivity contribution in [3.63, 3.8) is 0 Å². The highest BCUT2D eigenvalue weighted by Crippen LogP contribution is 2.39. The lowest BCUT2D eigenvalue weighted by Crippen LogP contribution is -2.31. The van der Waals surface area contributed by atoms with Crippen LogP contribution in [0.3, 0.4) is 0 Å².